The lowest BCUT2D eigenvalue weighted by Gasteiger charge is -2.19. The zero-order valence-electron chi connectivity index (χ0n) is 15.1. The molecule has 1 saturated heterocycles. The van der Waals surface area contributed by atoms with E-state index in [9.17, 15) is 0 Å². The largest absolute Gasteiger partial charge is 0.496 e. The summed E-state index contributed by atoms with van der Waals surface area (Å²) in [5, 5.41) is 0. The fraction of sp³-hybridized carbons (Fsp3) is 0.286. The number of ether oxygens (including phenoxy) is 1. The minimum atomic E-state index is 0.447. The average molecular weight is 346 g/mol. The van der Waals surface area contributed by atoms with Crippen LogP contribution in [0.3, 0.4) is 0 Å². The normalized spacial score (nSPS) is 16.7. The van der Waals surface area contributed by atoms with Crippen LogP contribution in [0.25, 0.3) is 11.4 Å². The van der Waals surface area contributed by atoms with Gasteiger partial charge in [-0.15, -0.1) is 0 Å². The fourth-order valence-corrected chi connectivity index (χ4v) is 3.56. The third-order valence-corrected chi connectivity index (χ3v) is 4.85. The summed E-state index contributed by atoms with van der Waals surface area (Å²) >= 11 is 0. The van der Waals surface area contributed by atoms with Crippen LogP contribution in [0.4, 0.5) is 5.82 Å². The van der Waals surface area contributed by atoms with Crippen LogP contribution < -0.4 is 9.64 Å². The number of aromatic nitrogens is 3. The Hall–Kier alpha value is -2.95. The van der Waals surface area contributed by atoms with E-state index in [0.29, 0.717) is 5.92 Å². The van der Waals surface area contributed by atoms with Gasteiger partial charge in [-0.2, -0.15) is 0 Å². The highest BCUT2D eigenvalue weighted by molar-refractivity contribution is 5.57. The molecule has 4 rings (SSSR count). The molecule has 1 aliphatic heterocycles. The van der Waals surface area contributed by atoms with Gasteiger partial charge in [0.05, 0.1) is 7.11 Å². The number of para-hydroxylation sites is 1. The summed E-state index contributed by atoms with van der Waals surface area (Å²) in [4.78, 5) is 15.9. The van der Waals surface area contributed by atoms with E-state index in [2.05, 4.69) is 33.1 Å². The summed E-state index contributed by atoms with van der Waals surface area (Å²) in [6.45, 7) is 3.92. The van der Waals surface area contributed by atoms with Gasteiger partial charge in [-0.3, -0.25) is 4.98 Å². The minimum absolute atomic E-state index is 0.447. The Morgan fingerprint density at radius 2 is 2.00 bits per heavy atom. The number of methoxy groups -OCH3 is 1. The monoisotopic (exact) mass is 346 g/mol. The van der Waals surface area contributed by atoms with Crippen molar-refractivity contribution >= 4 is 5.82 Å². The molecule has 5 heteroatoms. The van der Waals surface area contributed by atoms with Crippen molar-refractivity contribution in [3.8, 4) is 17.1 Å². The molecule has 0 saturated carbocycles. The summed E-state index contributed by atoms with van der Waals surface area (Å²) in [6.07, 6.45) is 4.66. The Kier molecular flexibility index (Phi) is 4.52. The number of nitrogens with zero attached hydrogens (tertiary/aromatic N) is 4. The second-order valence-electron chi connectivity index (χ2n) is 6.61. The molecule has 0 bridgehead atoms. The second kappa shape index (κ2) is 7.12. The Labute approximate surface area is 153 Å². The zero-order valence-corrected chi connectivity index (χ0v) is 15.1. The second-order valence-corrected chi connectivity index (χ2v) is 6.61. The third kappa shape index (κ3) is 3.25. The molecule has 3 heterocycles. The number of benzene rings is 1. The van der Waals surface area contributed by atoms with Crippen LogP contribution >= 0.6 is 0 Å². The Morgan fingerprint density at radius 1 is 1.12 bits per heavy atom. The molecular weight excluding hydrogens is 324 g/mol. The highest BCUT2D eigenvalue weighted by Gasteiger charge is 2.27. The van der Waals surface area contributed by atoms with E-state index >= 15 is 0 Å². The van der Waals surface area contributed by atoms with Crippen molar-refractivity contribution in [2.75, 3.05) is 25.1 Å². The van der Waals surface area contributed by atoms with Gasteiger partial charge in [-0.25, -0.2) is 9.97 Å². The molecular formula is C21H22N4O. The van der Waals surface area contributed by atoms with Crippen LogP contribution in [0.15, 0.2) is 54.9 Å². The molecule has 5 nitrogen and oxygen atoms in total. The van der Waals surface area contributed by atoms with Gasteiger partial charge in [0.2, 0.25) is 0 Å². The minimum Gasteiger partial charge on any atom is -0.496 e. The first-order valence-electron chi connectivity index (χ1n) is 8.88. The topological polar surface area (TPSA) is 51.1 Å². The summed E-state index contributed by atoms with van der Waals surface area (Å²) in [6, 6.07) is 14.3. The molecule has 26 heavy (non-hydrogen) atoms. The zero-order chi connectivity index (χ0) is 17.9. The average Bonchev–Trinajstić information content (AvgIpc) is 3.18. The maximum Gasteiger partial charge on any atom is 0.163 e. The van der Waals surface area contributed by atoms with Gasteiger partial charge in [-0.1, -0.05) is 18.2 Å². The maximum absolute atomic E-state index is 5.54. The number of anilines is 1. The van der Waals surface area contributed by atoms with Crippen molar-refractivity contribution in [1.82, 2.24) is 15.0 Å². The third-order valence-electron chi connectivity index (χ3n) is 4.85. The van der Waals surface area contributed by atoms with Crippen molar-refractivity contribution in [3.05, 3.63) is 66.1 Å². The first kappa shape index (κ1) is 16.5. The SMILES string of the molecule is COc1ccccc1C1CCN(c2cc(C)nc(-c3cccnc3)n2)C1. The number of hydrogen-bond donors (Lipinski definition) is 0. The molecule has 0 amide bonds. The van der Waals surface area contributed by atoms with Gasteiger partial charge in [0.1, 0.15) is 11.6 Å². The molecule has 1 atom stereocenters. The highest BCUT2D eigenvalue weighted by Crippen LogP contribution is 2.35. The fourth-order valence-electron chi connectivity index (χ4n) is 3.56. The molecule has 0 aliphatic carbocycles. The molecule has 2 aromatic heterocycles. The van der Waals surface area contributed by atoms with Crippen molar-refractivity contribution in [2.45, 2.75) is 19.3 Å². The maximum atomic E-state index is 5.54. The Morgan fingerprint density at radius 3 is 2.81 bits per heavy atom. The summed E-state index contributed by atoms with van der Waals surface area (Å²) in [7, 11) is 1.74. The molecule has 1 unspecified atom stereocenters. The Balaban J connectivity index is 1.60. The molecule has 3 aromatic rings. The number of hydrogen-bond acceptors (Lipinski definition) is 5. The van der Waals surface area contributed by atoms with Gasteiger partial charge in [-0.05, 0) is 37.1 Å². The van der Waals surface area contributed by atoms with Gasteiger partial charge >= 0.3 is 0 Å². The van der Waals surface area contributed by atoms with Gasteiger partial charge < -0.3 is 9.64 Å². The first-order chi connectivity index (χ1) is 12.7. The number of aryl methyl sites for hydroxylation is 1. The van der Waals surface area contributed by atoms with E-state index in [1.54, 1.807) is 19.5 Å². The van der Waals surface area contributed by atoms with Crippen LogP contribution in [0.5, 0.6) is 5.75 Å². The first-order valence-corrected chi connectivity index (χ1v) is 8.88. The number of pyridine rings is 1. The standard InChI is InChI=1S/C21H22N4O/c1-15-12-20(24-21(23-15)16-6-5-10-22-13-16)25-11-9-17(14-25)18-7-3-4-8-19(18)26-2/h3-8,10,12-13,17H,9,11,14H2,1-2H3. The molecule has 0 N–H and O–H groups in total. The van der Waals surface area contributed by atoms with Crippen molar-refractivity contribution in [1.29, 1.82) is 0 Å². The molecule has 1 aromatic carbocycles. The van der Waals surface area contributed by atoms with Gasteiger partial charge in [0, 0.05) is 48.7 Å². The molecule has 1 fully saturated rings. The summed E-state index contributed by atoms with van der Waals surface area (Å²) < 4.78 is 5.54. The van der Waals surface area contributed by atoms with Crippen molar-refractivity contribution in [3.63, 3.8) is 0 Å². The lowest BCUT2D eigenvalue weighted by molar-refractivity contribution is 0.406. The smallest absolute Gasteiger partial charge is 0.163 e. The molecule has 0 radical (unpaired) electrons. The van der Waals surface area contributed by atoms with Crippen LogP contribution in [0.2, 0.25) is 0 Å². The van der Waals surface area contributed by atoms with Crippen molar-refractivity contribution < 1.29 is 4.74 Å². The lowest BCUT2D eigenvalue weighted by Crippen LogP contribution is -2.21. The van der Waals surface area contributed by atoms with Crippen LogP contribution in [-0.2, 0) is 0 Å². The lowest BCUT2D eigenvalue weighted by atomic mass is 9.97. The van der Waals surface area contributed by atoms with E-state index in [1.165, 1.54) is 5.56 Å². The Bertz CT molecular complexity index is 898. The van der Waals surface area contributed by atoms with Gasteiger partial charge in [0.15, 0.2) is 5.82 Å². The van der Waals surface area contributed by atoms with Gasteiger partial charge in [0.25, 0.3) is 0 Å². The van der Waals surface area contributed by atoms with E-state index in [4.69, 9.17) is 9.72 Å². The summed E-state index contributed by atoms with van der Waals surface area (Å²) in [5.74, 6) is 3.13. The molecule has 1 aliphatic rings. The van der Waals surface area contributed by atoms with E-state index in [0.717, 1.165) is 48.2 Å². The molecule has 132 valence electrons. The predicted molar refractivity (Wildman–Crippen MR) is 103 cm³/mol. The van der Waals surface area contributed by atoms with E-state index in [-0.39, 0.29) is 0 Å². The van der Waals surface area contributed by atoms with E-state index < -0.39 is 0 Å². The van der Waals surface area contributed by atoms with Crippen LogP contribution in [0, 0.1) is 6.92 Å². The highest BCUT2D eigenvalue weighted by atomic mass is 16.5. The molecule has 0 spiro atoms. The predicted octanol–water partition coefficient (Wildman–Crippen LogP) is 3.85. The van der Waals surface area contributed by atoms with Crippen molar-refractivity contribution in [2.24, 2.45) is 0 Å². The number of rotatable bonds is 4. The van der Waals surface area contributed by atoms with Crippen LogP contribution in [0.1, 0.15) is 23.6 Å². The van der Waals surface area contributed by atoms with E-state index in [1.807, 2.05) is 31.2 Å². The quantitative estimate of drug-likeness (QED) is 0.718. The van der Waals surface area contributed by atoms with Crippen LogP contribution in [-0.4, -0.2) is 35.2 Å². The summed E-state index contributed by atoms with van der Waals surface area (Å²) in [5.41, 5.74) is 3.18.